The molecule has 0 spiro atoms. The molecule has 2 amide bonds. The van der Waals surface area contributed by atoms with E-state index in [0.717, 1.165) is 23.1 Å². The van der Waals surface area contributed by atoms with Gasteiger partial charge in [-0.1, -0.05) is 42.0 Å². The van der Waals surface area contributed by atoms with Crippen LogP contribution in [0.2, 0.25) is 0 Å². The van der Waals surface area contributed by atoms with E-state index in [9.17, 15) is 9.59 Å². The van der Waals surface area contributed by atoms with Crippen LogP contribution in [0.15, 0.2) is 48.5 Å². The fourth-order valence-corrected chi connectivity index (χ4v) is 3.30. The van der Waals surface area contributed by atoms with Crippen LogP contribution < -0.4 is 5.32 Å². The van der Waals surface area contributed by atoms with Gasteiger partial charge in [0.1, 0.15) is 6.04 Å². The molecule has 0 fully saturated rings. The number of ether oxygens (including phenoxy) is 1. The van der Waals surface area contributed by atoms with Crippen molar-refractivity contribution in [1.29, 1.82) is 0 Å². The number of nitrogens with zero attached hydrogens (tertiary/aromatic N) is 1. The first-order chi connectivity index (χ1) is 12.6. The van der Waals surface area contributed by atoms with Crippen LogP contribution in [0.3, 0.4) is 0 Å². The molecular formula is C21H24N2O3. The minimum Gasteiger partial charge on any atom is -0.383 e. The van der Waals surface area contributed by atoms with Crippen molar-refractivity contribution in [2.24, 2.45) is 0 Å². The fourth-order valence-electron chi connectivity index (χ4n) is 3.30. The quantitative estimate of drug-likeness (QED) is 0.841. The highest BCUT2D eigenvalue weighted by Crippen LogP contribution is 2.31. The zero-order chi connectivity index (χ0) is 18.5. The van der Waals surface area contributed by atoms with E-state index in [1.165, 1.54) is 0 Å². The molecule has 0 aliphatic carbocycles. The van der Waals surface area contributed by atoms with E-state index in [2.05, 4.69) is 5.32 Å². The lowest BCUT2D eigenvalue weighted by molar-refractivity contribution is -0.126. The Hall–Kier alpha value is -2.66. The summed E-state index contributed by atoms with van der Waals surface area (Å²) in [6, 6.07) is 14.7. The standard InChI is InChI=1S/C21H24N2O3/c1-15-7-9-17(10-8-15)21(25)23-13-11-16-5-3-4-6-18(16)19(23)20(24)22-12-14-26-2/h3-10,19H,11-14H2,1-2H3,(H,22,24)/t19-/m0/s1. The van der Waals surface area contributed by atoms with Gasteiger partial charge in [0.15, 0.2) is 0 Å². The van der Waals surface area contributed by atoms with Gasteiger partial charge in [0.2, 0.25) is 5.91 Å². The second-order valence-corrected chi connectivity index (χ2v) is 6.50. The van der Waals surface area contributed by atoms with Crippen LogP contribution in [0, 0.1) is 6.92 Å². The molecule has 0 radical (unpaired) electrons. The number of carbonyl (C=O) groups excluding carboxylic acids is 2. The molecule has 5 nitrogen and oxygen atoms in total. The van der Waals surface area contributed by atoms with Crippen molar-refractivity contribution in [2.75, 3.05) is 26.8 Å². The summed E-state index contributed by atoms with van der Waals surface area (Å²) in [6.07, 6.45) is 0.746. The molecular weight excluding hydrogens is 328 g/mol. The molecule has 1 aliphatic heterocycles. The molecule has 0 saturated carbocycles. The van der Waals surface area contributed by atoms with Crippen LogP contribution in [0.5, 0.6) is 0 Å². The summed E-state index contributed by atoms with van der Waals surface area (Å²) in [5.74, 6) is -0.291. The Balaban J connectivity index is 1.91. The molecule has 1 heterocycles. The van der Waals surface area contributed by atoms with Gasteiger partial charge in [0.05, 0.1) is 6.61 Å². The Morgan fingerprint density at radius 2 is 1.88 bits per heavy atom. The normalized spacial score (nSPS) is 16.1. The van der Waals surface area contributed by atoms with Crippen molar-refractivity contribution < 1.29 is 14.3 Å². The van der Waals surface area contributed by atoms with Gasteiger partial charge in [-0.3, -0.25) is 9.59 Å². The van der Waals surface area contributed by atoms with Crippen LogP contribution in [-0.4, -0.2) is 43.5 Å². The number of benzene rings is 2. The average Bonchev–Trinajstić information content (AvgIpc) is 2.67. The first kappa shape index (κ1) is 18.1. The number of hydrogen-bond acceptors (Lipinski definition) is 3. The van der Waals surface area contributed by atoms with Gasteiger partial charge in [-0.25, -0.2) is 0 Å². The summed E-state index contributed by atoms with van der Waals surface area (Å²) in [5, 5.41) is 2.88. The number of aryl methyl sites for hydroxylation is 1. The first-order valence-corrected chi connectivity index (χ1v) is 8.84. The number of rotatable bonds is 5. The Morgan fingerprint density at radius 3 is 2.62 bits per heavy atom. The summed E-state index contributed by atoms with van der Waals surface area (Å²) in [6.45, 7) is 3.36. The molecule has 0 aromatic heterocycles. The molecule has 0 unspecified atom stereocenters. The van der Waals surface area contributed by atoms with Crippen LogP contribution in [-0.2, 0) is 16.0 Å². The van der Waals surface area contributed by atoms with Crippen molar-refractivity contribution in [1.82, 2.24) is 10.2 Å². The summed E-state index contributed by atoms with van der Waals surface area (Å²) < 4.78 is 5.01. The Labute approximate surface area is 154 Å². The highest BCUT2D eigenvalue weighted by Gasteiger charge is 2.35. The van der Waals surface area contributed by atoms with Gasteiger partial charge in [0, 0.05) is 25.8 Å². The van der Waals surface area contributed by atoms with E-state index in [1.54, 1.807) is 12.0 Å². The Bertz CT molecular complexity index is 786. The molecule has 5 heteroatoms. The zero-order valence-electron chi connectivity index (χ0n) is 15.2. The average molecular weight is 352 g/mol. The number of methoxy groups -OCH3 is 1. The van der Waals surface area contributed by atoms with Crippen molar-refractivity contribution in [3.05, 3.63) is 70.8 Å². The smallest absolute Gasteiger partial charge is 0.254 e. The van der Waals surface area contributed by atoms with Crippen molar-refractivity contribution in [3.8, 4) is 0 Å². The third kappa shape index (κ3) is 3.78. The van der Waals surface area contributed by atoms with Gasteiger partial charge in [-0.05, 0) is 36.6 Å². The highest BCUT2D eigenvalue weighted by molar-refractivity contribution is 5.98. The Morgan fingerprint density at radius 1 is 1.15 bits per heavy atom. The first-order valence-electron chi connectivity index (χ1n) is 8.84. The summed E-state index contributed by atoms with van der Waals surface area (Å²) in [4.78, 5) is 27.6. The topological polar surface area (TPSA) is 58.6 Å². The van der Waals surface area contributed by atoms with Gasteiger partial charge in [-0.15, -0.1) is 0 Å². The van der Waals surface area contributed by atoms with E-state index < -0.39 is 6.04 Å². The van der Waals surface area contributed by atoms with Crippen LogP contribution in [0.25, 0.3) is 0 Å². The van der Waals surface area contributed by atoms with Crippen molar-refractivity contribution in [3.63, 3.8) is 0 Å². The number of amides is 2. The number of carbonyl (C=O) groups is 2. The summed E-state index contributed by atoms with van der Waals surface area (Å²) in [5.41, 5.74) is 3.71. The number of nitrogens with one attached hydrogen (secondary N) is 1. The molecule has 136 valence electrons. The molecule has 1 aliphatic rings. The SMILES string of the molecule is COCCNC(=O)[C@@H]1c2ccccc2CCN1C(=O)c1ccc(C)cc1. The zero-order valence-corrected chi connectivity index (χ0v) is 15.2. The second-order valence-electron chi connectivity index (χ2n) is 6.50. The summed E-state index contributed by atoms with van der Waals surface area (Å²) >= 11 is 0. The molecule has 26 heavy (non-hydrogen) atoms. The van der Waals surface area contributed by atoms with E-state index in [4.69, 9.17) is 4.74 Å². The van der Waals surface area contributed by atoms with Gasteiger partial charge >= 0.3 is 0 Å². The molecule has 1 N–H and O–H groups in total. The second kappa shape index (κ2) is 8.15. The monoisotopic (exact) mass is 352 g/mol. The van der Waals surface area contributed by atoms with E-state index in [-0.39, 0.29) is 11.8 Å². The summed E-state index contributed by atoms with van der Waals surface area (Å²) in [7, 11) is 1.59. The lowest BCUT2D eigenvalue weighted by Crippen LogP contribution is -2.47. The number of hydrogen-bond donors (Lipinski definition) is 1. The molecule has 0 bridgehead atoms. The molecule has 2 aromatic rings. The molecule has 1 atom stereocenters. The van der Waals surface area contributed by atoms with Crippen molar-refractivity contribution >= 4 is 11.8 Å². The molecule has 2 aromatic carbocycles. The lowest BCUT2D eigenvalue weighted by atomic mass is 9.91. The Kier molecular flexibility index (Phi) is 5.68. The van der Waals surface area contributed by atoms with Gasteiger partial charge < -0.3 is 15.0 Å². The third-order valence-electron chi connectivity index (χ3n) is 4.70. The fraction of sp³-hybridized carbons (Fsp3) is 0.333. The predicted molar refractivity (Wildman–Crippen MR) is 100.0 cm³/mol. The number of fused-ring (bicyclic) bond motifs is 1. The minimum atomic E-state index is -0.620. The van der Waals surface area contributed by atoms with E-state index in [1.807, 2.05) is 55.5 Å². The molecule has 3 rings (SSSR count). The van der Waals surface area contributed by atoms with Crippen LogP contribution >= 0.6 is 0 Å². The maximum Gasteiger partial charge on any atom is 0.254 e. The van der Waals surface area contributed by atoms with Crippen LogP contribution in [0.1, 0.15) is 33.1 Å². The van der Waals surface area contributed by atoms with Crippen molar-refractivity contribution in [2.45, 2.75) is 19.4 Å². The lowest BCUT2D eigenvalue weighted by Gasteiger charge is -2.36. The van der Waals surface area contributed by atoms with Gasteiger partial charge in [-0.2, -0.15) is 0 Å². The van der Waals surface area contributed by atoms with Crippen LogP contribution in [0.4, 0.5) is 0 Å². The largest absolute Gasteiger partial charge is 0.383 e. The molecule has 0 saturated heterocycles. The van der Waals surface area contributed by atoms with E-state index >= 15 is 0 Å². The maximum atomic E-state index is 13.1. The predicted octanol–water partition coefficient (Wildman–Crippen LogP) is 2.50. The minimum absolute atomic E-state index is 0.119. The maximum absolute atomic E-state index is 13.1. The highest BCUT2D eigenvalue weighted by atomic mass is 16.5. The van der Waals surface area contributed by atoms with Gasteiger partial charge in [0.25, 0.3) is 5.91 Å². The van der Waals surface area contributed by atoms with E-state index in [0.29, 0.717) is 25.3 Å². The third-order valence-corrected chi connectivity index (χ3v) is 4.70.